The molecule has 0 amide bonds. The summed E-state index contributed by atoms with van der Waals surface area (Å²) in [6.45, 7) is 3.62. The SMILES string of the molecule is CCNCc1cc(Br)ccc1Oc1cc(Cl)c(Cl)cc1Cl. The molecule has 0 saturated carbocycles. The highest BCUT2D eigenvalue weighted by molar-refractivity contribution is 9.10. The third kappa shape index (κ3) is 4.51. The van der Waals surface area contributed by atoms with Gasteiger partial charge in [-0.2, -0.15) is 0 Å². The zero-order chi connectivity index (χ0) is 15.4. The summed E-state index contributed by atoms with van der Waals surface area (Å²) < 4.78 is 6.88. The van der Waals surface area contributed by atoms with Gasteiger partial charge in [0, 0.05) is 22.6 Å². The lowest BCUT2D eigenvalue weighted by Crippen LogP contribution is -2.12. The fourth-order valence-electron chi connectivity index (χ4n) is 1.75. The van der Waals surface area contributed by atoms with Gasteiger partial charge in [0.1, 0.15) is 11.5 Å². The fraction of sp³-hybridized carbons (Fsp3) is 0.200. The molecule has 0 saturated heterocycles. The molecule has 0 heterocycles. The summed E-state index contributed by atoms with van der Waals surface area (Å²) in [6, 6.07) is 8.99. The molecule has 0 spiro atoms. The summed E-state index contributed by atoms with van der Waals surface area (Å²) in [4.78, 5) is 0. The summed E-state index contributed by atoms with van der Waals surface area (Å²) >= 11 is 21.5. The Kier molecular flexibility index (Phi) is 6.20. The zero-order valence-electron chi connectivity index (χ0n) is 11.2. The number of hydrogen-bond acceptors (Lipinski definition) is 2. The van der Waals surface area contributed by atoms with E-state index >= 15 is 0 Å². The maximum atomic E-state index is 6.15. The number of ether oxygens (including phenoxy) is 1. The molecular formula is C15H13BrCl3NO. The van der Waals surface area contributed by atoms with Crippen LogP contribution >= 0.6 is 50.7 Å². The smallest absolute Gasteiger partial charge is 0.147 e. The monoisotopic (exact) mass is 407 g/mol. The first kappa shape index (κ1) is 16.9. The van der Waals surface area contributed by atoms with Crippen molar-refractivity contribution in [3.05, 3.63) is 55.4 Å². The zero-order valence-corrected chi connectivity index (χ0v) is 15.1. The van der Waals surface area contributed by atoms with Crippen LogP contribution in [0.15, 0.2) is 34.8 Å². The topological polar surface area (TPSA) is 21.3 Å². The predicted molar refractivity (Wildman–Crippen MR) is 93.1 cm³/mol. The van der Waals surface area contributed by atoms with Gasteiger partial charge in [0.05, 0.1) is 15.1 Å². The van der Waals surface area contributed by atoms with Crippen molar-refractivity contribution in [2.24, 2.45) is 0 Å². The highest BCUT2D eigenvalue weighted by Gasteiger charge is 2.11. The molecule has 0 atom stereocenters. The van der Waals surface area contributed by atoms with Crippen molar-refractivity contribution >= 4 is 50.7 Å². The van der Waals surface area contributed by atoms with Gasteiger partial charge < -0.3 is 10.1 Å². The predicted octanol–water partition coefficient (Wildman–Crippen LogP) is 6.31. The van der Waals surface area contributed by atoms with Crippen molar-refractivity contribution in [3.8, 4) is 11.5 Å². The first-order chi connectivity index (χ1) is 10.0. The van der Waals surface area contributed by atoms with E-state index in [-0.39, 0.29) is 0 Å². The Morgan fingerprint density at radius 2 is 1.71 bits per heavy atom. The number of hydrogen-bond donors (Lipinski definition) is 1. The minimum absolute atomic E-state index is 0.401. The molecule has 1 N–H and O–H groups in total. The molecule has 2 nitrogen and oxygen atoms in total. The van der Waals surface area contributed by atoms with Gasteiger partial charge in [-0.05, 0) is 30.8 Å². The van der Waals surface area contributed by atoms with Crippen molar-refractivity contribution in [2.45, 2.75) is 13.5 Å². The van der Waals surface area contributed by atoms with Crippen molar-refractivity contribution < 1.29 is 4.74 Å². The number of nitrogens with one attached hydrogen (secondary N) is 1. The molecule has 0 aromatic heterocycles. The molecule has 0 aliphatic heterocycles. The Morgan fingerprint density at radius 3 is 2.43 bits per heavy atom. The van der Waals surface area contributed by atoms with E-state index in [4.69, 9.17) is 39.5 Å². The number of benzene rings is 2. The highest BCUT2D eigenvalue weighted by Crippen LogP contribution is 2.37. The van der Waals surface area contributed by atoms with Gasteiger partial charge in [-0.3, -0.25) is 0 Å². The molecule has 0 aliphatic carbocycles. The van der Waals surface area contributed by atoms with E-state index in [2.05, 4.69) is 21.2 Å². The Bertz CT molecular complexity index is 649. The second-order valence-corrected chi connectivity index (χ2v) is 6.47. The van der Waals surface area contributed by atoms with E-state index in [1.807, 2.05) is 25.1 Å². The molecule has 6 heteroatoms. The quantitative estimate of drug-likeness (QED) is 0.584. The van der Waals surface area contributed by atoms with Crippen molar-refractivity contribution in [1.82, 2.24) is 5.32 Å². The molecule has 0 unspecified atom stereocenters. The molecule has 0 radical (unpaired) electrons. The first-order valence-electron chi connectivity index (χ1n) is 6.32. The van der Waals surface area contributed by atoms with Crippen molar-refractivity contribution in [1.29, 1.82) is 0 Å². The van der Waals surface area contributed by atoms with Gasteiger partial charge in [-0.25, -0.2) is 0 Å². The van der Waals surface area contributed by atoms with Gasteiger partial charge >= 0.3 is 0 Å². The van der Waals surface area contributed by atoms with Gasteiger partial charge in [0.25, 0.3) is 0 Å². The van der Waals surface area contributed by atoms with Crippen LogP contribution in [0.2, 0.25) is 15.1 Å². The summed E-state index contributed by atoms with van der Waals surface area (Å²) in [7, 11) is 0. The molecule has 2 aromatic carbocycles. The largest absolute Gasteiger partial charge is 0.455 e. The van der Waals surface area contributed by atoms with Crippen LogP contribution in [0, 0.1) is 0 Å². The lowest BCUT2D eigenvalue weighted by atomic mass is 10.2. The standard InChI is InChI=1S/C15H13BrCl3NO/c1-2-20-8-9-5-10(16)3-4-14(9)21-15-7-12(18)11(17)6-13(15)19/h3-7,20H,2,8H2,1H3. The van der Waals surface area contributed by atoms with E-state index in [1.54, 1.807) is 12.1 Å². The Hall–Kier alpha value is -0.450. The Labute approximate surface area is 147 Å². The summed E-state index contributed by atoms with van der Waals surface area (Å²) in [5, 5.41) is 4.50. The average molecular weight is 410 g/mol. The third-order valence-electron chi connectivity index (χ3n) is 2.78. The lowest BCUT2D eigenvalue weighted by Gasteiger charge is -2.13. The van der Waals surface area contributed by atoms with Crippen LogP contribution in [0.4, 0.5) is 0 Å². The number of halogens is 4. The molecule has 0 aliphatic rings. The van der Waals surface area contributed by atoms with Crippen LogP contribution in [-0.4, -0.2) is 6.54 Å². The van der Waals surface area contributed by atoms with Crippen LogP contribution < -0.4 is 10.1 Å². The third-order valence-corrected chi connectivity index (χ3v) is 4.29. The Balaban J connectivity index is 2.32. The highest BCUT2D eigenvalue weighted by atomic mass is 79.9. The van der Waals surface area contributed by atoms with Crippen LogP contribution in [0.1, 0.15) is 12.5 Å². The normalized spacial score (nSPS) is 10.7. The van der Waals surface area contributed by atoms with E-state index < -0.39 is 0 Å². The Morgan fingerprint density at radius 1 is 1.00 bits per heavy atom. The van der Waals surface area contributed by atoms with Crippen LogP contribution in [0.25, 0.3) is 0 Å². The molecule has 21 heavy (non-hydrogen) atoms. The first-order valence-corrected chi connectivity index (χ1v) is 8.25. The minimum Gasteiger partial charge on any atom is -0.455 e. The van der Waals surface area contributed by atoms with Crippen LogP contribution in [-0.2, 0) is 6.54 Å². The summed E-state index contributed by atoms with van der Waals surface area (Å²) in [5.41, 5.74) is 1.02. The second-order valence-electron chi connectivity index (χ2n) is 4.33. The summed E-state index contributed by atoms with van der Waals surface area (Å²) in [6.07, 6.45) is 0. The molecule has 0 bridgehead atoms. The maximum Gasteiger partial charge on any atom is 0.147 e. The van der Waals surface area contributed by atoms with Gasteiger partial charge in [-0.15, -0.1) is 0 Å². The molecule has 112 valence electrons. The fourth-order valence-corrected chi connectivity index (χ4v) is 2.73. The molecular weight excluding hydrogens is 396 g/mol. The summed E-state index contributed by atoms with van der Waals surface area (Å²) in [5.74, 6) is 1.20. The van der Waals surface area contributed by atoms with Crippen LogP contribution in [0.3, 0.4) is 0 Å². The van der Waals surface area contributed by atoms with E-state index in [9.17, 15) is 0 Å². The van der Waals surface area contributed by atoms with Crippen molar-refractivity contribution in [3.63, 3.8) is 0 Å². The maximum absolute atomic E-state index is 6.15. The lowest BCUT2D eigenvalue weighted by molar-refractivity contribution is 0.473. The number of rotatable bonds is 5. The molecule has 0 fully saturated rings. The molecule has 2 aromatic rings. The van der Waals surface area contributed by atoms with Gasteiger partial charge in [0.15, 0.2) is 0 Å². The molecule has 2 rings (SSSR count). The van der Waals surface area contributed by atoms with Gasteiger partial charge in [-0.1, -0.05) is 57.7 Å². The van der Waals surface area contributed by atoms with E-state index in [1.165, 1.54) is 0 Å². The van der Waals surface area contributed by atoms with Gasteiger partial charge in [0.2, 0.25) is 0 Å². The second kappa shape index (κ2) is 7.70. The van der Waals surface area contributed by atoms with E-state index in [0.717, 1.165) is 22.3 Å². The van der Waals surface area contributed by atoms with E-state index in [0.29, 0.717) is 27.4 Å². The average Bonchev–Trinajstić information content (AvgIpc) is 2.44. The minimum atomic E-state index is 0.401. The van der Waals surface area contributed by atoms with Crippen LogP contribution in [0.5, 0.6) is 11.5 Å². The van der Waals surface area contributed by atoms with Crippen molar-refractivity contribution in [2.75, 3.05) is 6.54 Å².